The van der Waals surface area contributed by atoms with E-state index < -0.39 is 5.97 Å². The first-order chi connectivity index (χ1) is 13.0. The lowest BCUT2D eigenvalue weighted by atomic mass is 10.1. The number of carbonyl (C=O) groups excluding carboxylic acids is 2. The lowest BCUT2D eigenvalue weighted by Gasteiger charge is -2.11. The zero-order chi connectivity index (χ0) is 19.4. The number of para-hydroxylation sites is 1. The molecule has 0 aliphatic heterocycles. The largest absolute Gasteiger partial charge is 0.455 e. The van der Waals surface area contributed by atoms with Crippen molar-refractivity contribution in [3.05, 3.63) is 53.1 Å². The third-order valence-electron chi connectivity index (χ3n) is 4.35. The highest BCUT2D eigenvalue weighted by Gasteiger charge is 2.16. The number of fused-ring (bicyclic) bond motifs is 1. The fourth-order valence-electron chi connectivity index (χ4n) is 2.89. The van der Waals surface area contributed by atoms with Crippen LogP contribution < -0.4 is 5.32 Å². The van der Waals surface area contributed by atoms with Gasteiger partial charge in [-0.1, -0.05) is 25.1 Å². The Morgan fingerprint density at radius 2 is 2.00 bits per heavy atom. The van der Waals surface area contributed by atoms with Crippen LogP contribution in [0.2, 0.25) is 0 Å². The summed E-state index contributed by atoms with van der Waals surface area (Å²) in [6, 6.07) is 7.53. The maximum atomic E-state index is 12.2. The topological polar surface area (TPSA) is 98.5 Å². The van der Waals surface area contributed by atoms with Crippen molar-refractivity contribution in [3.63, 3.8) is 0 Å². The fourth-order valence-corrected chi connectivity index (χ4v) is 2.89. The number of benzene rings is 1. The Morgan fingerprint density at radius 3 is 2.78 bits per heavy atom. The van der Waals surface area contributed by atoms with Gasteiger partial charge in [0.2, 0.25) is 0 Å². The maximum Gasteiger partial charge on any atom is 0.310 e. The molecule has 0 fully saturated rings. The molecule has 140 valence electrons. The van der Waals surface area contributed by atoms with Crippen molar-refractivity contribution in [2.45, 2.75) is 33.6 Å². The number of nitrogens with zero attached hydrogens (tertiary/aromatic N) is 4. The molecule has 27 heavy (non-hydrogen) atoms. The molecular formula is C19H21N5O3. The number of aryl methyl sites for hydroxylation is 3. The van der Waals surface area contributed by atoms with Gasteiger partial charge >= 0.3 is 5.97 Å². The van der Waals surface area contributed by atoms with Crippen molar-refractivity contribution in [2.24, 2.45) is 0 Å². The minimum atomic E-state index is -0.499. The number of hydrogen-bond donors (Lipinski definition) is 1. The van der Waals surface area contributed by atoms with Gasteiger partial charge in [-0.3, -0.25) is 9.59 Å². The summed E-state index contributed by atoms with van der Waals surface area (Å²) in [5.41, 5.74) is 3.93. The molecule has 0 saturated heterocycles. The van der Waals surface area contributed by atoms with Crippen LogP contribution in [-0.4, -0.2) is 38.1 Å². The number of ether oxygens (including phenoxy) is 1. The summed E-state index contributed by atoms with van der Waals surface area (Å²) in [6.07, 6.45) is 2.22. The van der Waals surface area contributed by atoms with E-state index in [1.807, 2.05) is 38.1 Å². The summed E-state index contributed by atoms with van der Waals surface area (Å²) in [4.78, 5) is 32.7. The van der Waals surface area contributed by atoms with E-state index >= 15 is 0 Å². The third kappa shape index (κ3) is 4.11. The second-order valence-corrected chi connectivity index (χ2v) is 6.13. The van der Waals surface area contributed by atoms with Gasteiger partial charge in [0.15, 0.2) is 6.61 Å². The molecule has 1 amide bonds. The molecule has 8 nitrogen and oxygen atoms in total. The Morgan fingerprint density at radius 1 is 1.22 bits per heavy atom. The highest BCUT2D eigenvalue weighted by atomic mass is 16.5. The van der Waals surface area contributed by atoms with Crippen LogP contribution in [0.5, 0.6) is 0 Å². The Bertz CT molecular complexity index is 996. The molecule has 0 aliphatic carbocycles. The molecule has 2 aromatic heterocycles. The number of amides is 1. The second-order valence-electron chi connectivity index (χ2n) is 6.13. The summed E-state index contributed by atoms with van der Waals surface area (Å²) >= 11 is 0. The predicted octanol–water partition coefficient (Wildman–Crippen LogP) is 2.03. The molecule has 0 bridgehead atoms. The summed E-state index contributed by atoms with van der Waals surface area (Å²) < 4.78 is 6.71. The zero-order valence-corrected chi connectivity index (χ0v) is 15.5. The van der Waals surface area contributed by atoms with Crippen molar-refractivity contribution in [1.29, 1.82) is 0 Å². The fraction of sp³-hybridized carbons (Fsp3) is 0.316. The molecule has 3 rings (SSSR count). The smallest absolute Gasteiger partial charge is 0.310 e. The van der Waals surface area contributed by atoms with E-state index in [4.69, 9.17) is 4.74 Å². The lowest BCUT2D eigenvalue weighted by molar-refractivity contribution is -0.146. The molecule has 8 heteroatoms. The number of aromatic nitrogens is 4. The summed E-state index contributed by atoms with van der Waals surface area (Å²) in [7, 11) is 0. The van der Waals surface area contributed by atoms with Crippen molar-refractivity contribution >= 4 is 23.3 Å². The molecule has 0 saturated carbocycles. The summed E-state index contributed by atoms with van der Waals surface area (Å²) in [5.74, 6) is -0.389. The van der Waals surface area contributed by atoms with Crippen LogP contribution in [0.1, 0.15) is 29.4 Å². The Kier molecular flexibility index (Phi) is 5.44. The molecule has 0 radical (unpaired) electrons. The van der Waals surface area contributed by atoms with Crippen molar-refractivity contribution in [1.82, 2.24) is 19.6 Å². The second kappa shape index (κ2) is 7.94. The van der Waals surface area contributed by atoms with Gasteiger partial charge in [-0.05, 0) is 31.9 Å². The van der Waals surface area contributed by atoms with Crippen LogP contribution in [-0.2, 0) is 27.2 Å². The molecule has 3 aromatic rings. The van der Waals surface area contributed by atoms with E-state index in [9.17, 15) is 9.59 Å². The standard InChI is InChI=1S/C19H21N5O3/c1-4-14-7-5-6-8-16(14)23-17(25)10-27-18(26)9-15-12(2)22-19-20-11-21-24(19)13(15)3/h5-8,11H,4,9-10H2,1-3H3,(H,23,25). The Labute approximate surface area is 156 Å². The van der Waals surface area contributed by atoms with Crippen molar-refractivity contribution in [3.8, 4) is 0 Å². The number of rotatable bonds is 6. The average Bonchev–Trinajstić information content (AvgIpc) is 3.12. The van der Waals surface area contributed by atoms with Gasteiger partial charge in [0.05, 0.1) is 6.42 Å². The van der Waals surface area contributed by atoms with Crippen LogP contribution in [0.3, 0.4) is 0 Å². The van der Waals surface area contributed by atoms with Gasteiger partial charge in [0, 0.05) is 22.6 Å². The van der Waals surface area contributed by atoms with Gasteiger partial charge in [-0.15, -0.1) is 0 Å². The van der Waals surface area contributed by atoms with Crippen LogP contribution in [0.4, 0.5) is 5.69 Å². The molecule has 2 heterocycles. The first-order valence-corrected chi connectivity index (χ1v) is 8.68. The molecule has 0 spiro atoms. The van der Waals surface area contributed by atoms with E-state index in [0.29, 0.717) is 11.5 Å². The first-order valence-electron chi connectivity index (χ1n) is 8.68. The van der Waals surface area contributed by atoms with Crippen LogP contribution in [0.25, 0.3) is 5.78 Å². The van der Waals surface area contributed by atoms with Gasteiger partial charge in [-0.2, -0.15) is 10.1 Å². The quantitative estimate of drug-likeness (QED) is 0.670. The highest BCUT2D eigenvalue weighted by Crippen LogP contribution is 2.16. The third-order valence-corrected chi connectivity index (χ3v) is 4.35. The predicted molar refractivity (Wildman–Crippen MR) is 99.4 cm³/mol. The zero-order valence-electron chi connectivity index (χ0n) is 15.5. The number of esters is 1. The molecule has 0 unspecified atom stereocenters. The van der Waals surface area contributed by atoms with Crippen LogP contribution >= 0.6 is 0 Å². The number of nitrogens with one attached hydrogen (secondary N) is 1. The maximum absolute atomic E-state index is 12.2. The van der Waals surface area contributed by atoms with E-state index in [1.165, 1.54) is 6.33 Å². The van der Waals surface area contributed by atoms with Crippen LogP contribution in [0.15, 0.2) is 30.6 Å². The molecule has 1 N–H and O–H groups in total. The molecule has 0 atom stereocenters. The van der Waals surface area contributed by atoms with Gasteiger partial charge in [0.1, 0.15) is 6.33 Å². The van der Waals surface area contributed by atoms with Crippen molar-refractivity contribution in [2.75, 3.05) is 11.9 Å². The van der Waals surface area contributed by atoms with Gasteiger partial charge in [-0.25, -0.2) is 9.50 Å². The summed E-state index contributed by atoms with van der Waals surface area (Å²) in [5, 5.41) is 6.86. The minimum absolute atomic E-state index is 0.0132. The van der Waals surface area contributed by atoms with E-state index in [0.717, 1.165) is 28.9 Å². The Balaban J connectivity index is 1.61. The van der Waals surface area contributed by atoms with Gasteiger partial charge < -0.3 is 10.1 Å². The van der Waals surface area contributed by atoms with Crippen molar-refractivity contribution < 1.29 is 14.3 Å². The van der Waals surface area contributed by atoms with E-state index in [-0.39, 0.29) is 18.9 Å². The molecule has 1 aromatic carbocycles. The average molecular weight is 367 g/mol. The van der Waals surface area contributed by atoms with E-state index in [2.05, 4.69) is 20.4 Å². The molecule has 0 aliphatic rings. The summed E-state index contributed by atoms with van der Waals surface area (Å²) in [6.45, 7) is 5.32. The first kappa shape index (κ1) is 18.5. The normalized spacial score (nSPS) is 10.8. The SMILES string of the molecule is CCc1ccccc1NC(=O)COC(=O)Cc1c(C)nc2ncnn2c1C. The minimum Gasteiger partial charge on any atom is -0.455 e. The number of anilines is 1. The number of hydrogen-bond acceptors (Lipinski definition) is 6. The monoisotopic (exact) mass is 367 g/mol. The van der Waals surface area contributed by atoms with Gasteiger partial charge in [0.25, 0.3) is 11.7 Å². The number of carbonyl (C=O) groups is 2. The van der Waals surface area contributed by atoms with Crippen LogP contribution in [0, 0.1) is 13.8 Å². The molecular weight excluding hydrogens is 346 g/mol. The lowest BCUT2D eigenvalue weighted by Crippen LogP contribution is -2.22. The highest BCUT2D eigenvalue weighted by molar-refractivity contribution is 5.93. The Hall–Kier alpha value is -3.29. The van der Waals surface area contributed by atoms with E-state index in [1.54, 1.807) is 11.4 Å².